The molecule has 0 atom stereocenters. The highest BCUT2D eigenvalue weighted by molar-refractivity contribution is 7.19. The van der Waals surface area contributed by atoms with E-state index in [9.17, 15) is 4.79 Å². The number of carboxylic acids is 1. The Morgan fingerprint density at radius 1 is 1.56 bits per heavy atom. The molecule has 3 nitrogen and oxygen atoms in total. The van der Waals surface area contributed by atoms with Gasteiger partial charge in [0.05, 0.1) is 15.8 Å². The standard InChI is InChI=1S/C11H16ClNO2S/c1-11(2,6-10(14)15)7-13(3)9-5-4-8(12)16-9/h4-5H,6-7H2,1-3H3,(H,14,15). The second-order valence-electron chi connectivity index (χ2n) is 4.67. The minimum atomic E-state index is -0.761. The summed E-state index contributed by atoms with van der Waals surface area (Å²) in [5, 5.41) is 9.86. The molecule has 90 valence electrons. The van der Waals surface area contributed by atoms with Crippen molar-refractivity contribution in [2.45, 2.75) is 20.3 Å². The molecule has 1 N–H and O–H groups in total. The van der Waals surface area contributed by atoms with Crippen molar-refractivity contribution in [2.24, 2.45) is 5.41 Å². The highest BCUT2D eigenvalue weighted by atomic mass is 35.5. The minimum Gasteiger partial charge on any atom is -0.481 e. The molecule has 1 aromatic heterocycles. The third kappa shape index (κ3) is 4.02. The minimum absolute atomic E-state index is 0.163. The van der Waals surface area contributed by atoms with Gasteiger partial charge in [-0.25, -0.2) is 0 Å². The summed E-state index contributed by atoms with van der Waals surface area (Å²) in [6.07, 6.45) is 0.163. The molecule has 0 amide bonds. The first-order chi connectivity index (χ1) is 7.30. The van der Waals surface area contributed by atoms with E-state index in [2.05, 4.69) is 0 Å². The summed E-state index contributed by atoms with van der Waals surface area (Å²) in [5.41, 5.74) is -0.253. The highest BCUT2D eigenvalue weighted by Crippen LogP contribution is 2.31. The molecule has 0 saturated heterocycles. The lowest BCUT2D eigenvalue weighted by Gasteiger charge is -2.29. The molecule has 0 aliphatic heterocycles. The predicted molar refractivity (Wildman–Crippen MR) is 68.6 cm³/mol. The topological polar surface area (TPSA) is 40.5 Å². The van der Waals surface area contributed by atoms with Crippen molar-refractivity contribution in [3.05, 3.63) is 16.5 Å². The van der Waals surface area contributed by atoms with Crippen LogP contribution in [0.3, 0.4) is 0 Å². The van der Waals surface area contributed by atoms with Crippen LogP contribution in [0.5, 0.6) is 0 Å². The lowest BCUT2D eigenvalue weighted by molar-refractivity contribution is -0.139. The second-order valence-corrected chi connectivity index (χ2v) is 6.36. The van der Waals surface area contributed by atoms with Crippen LogP contribution in [0.2, 0.25) is 4.34 Å². The van der Waals surface area contributed by atoms with Crippen molar-refractivity contribution in [2.75, 3.05) is 18.5 Å². The number of hydrogen-bond acceptors (Lipinski definition) is 3. The number of anilines is 1. The Balaban J connectivity index is 2.63. The van der Waals surface area contributed by atoms with Gasteiger partial charge in [0.2, 0.25) is 0 Å². The van der Waals surface area contributed by atoms with Crippen molar-refractivity contribution in [1.29, 1.82) is 0 Å². The number of nitrogens with zero attached hydrogens (tertiary/aromatic N) is 1. The van der Waals surface area contributed by atoms with Crippen LogP contribution in [0.1, 0.15) is 20.3 Å². The number of carboxylic acid groups (broad SMARTS) is 1. The summed E-state index contributed by atoms with van der Waals surface area (Å²) in [6.45, 7) is 4.59. The van der Waals surface area contributed by atoms with Gasteiger partial charge in [-0.05, 0) is 17.5 Å². The van der Waals surface area contributed by atoms with E-state index in [0.29, 0.717) is 6.54 Å². The smallest absolute Gasteiger partial charge is 0.303 e. The summed E-state index contributed by atoms with van der Waals surface area (Å²) < 4.78 is 0.748. The van der Waals surface area contributed by atoms with Gasteiger partial charge in [-0.15, -0.1) is 11.3 Å². The van der Waals surface area contributed by atoms with Crippen molar-refractivity contribution >= 4 is 33.9 Å². The molecule has 1 aromatic rings. The first-order valence-corrected chi connectivity index (χ1v) is 6.18. The molecule has 1 rings (SSSR count). The highest BCUT2D eigenvalue weighted by Gasteiger charge is 2.24. The molecular weight excluding hydrogens is 246 g/mol. The van der Waals surface area contributed by atoms with E-state index in [4.69, 9.17) is 16.7 Å². The zero-order valence-corrected chi connectivity index (χ0v) is 11.2. The lowest BCUT2D eigenvalue weighted by atomic mass is 9.89. The van der Waals surface area contributed by atoms with Gasteiger partial charge in [-0.3, -0.25) is 4.79 Å². The van der Waals surface area contributed by atoms with E-state index in [1.807, 2.05) is 37.9 Å². The molecule has 0 fully saturated rings. The maximum atomic E-state index is 10.7. The van der Waals surface area contributed by atoms with Crippen LogP contribution in [-0.4, -0.2) is 24.7 Å². The quantitative estimate of drug-likeness (QED) is 0.884. The summed E-state index contributed by atoms with van der Waals surface area (Å²) >= 11 is 7.36. The Morgan fingerprint density at radius 3 is 2.62 bits per heavy atom. The Morgan fingerprint density at radius 2 is 2.19 bits per heavy atom. The third-order valence-corrected chi connectivity index (χ3v) is 3.58. The summed E-state index contributed by atoms with van der Waals surface area (Å²) in [7, 11) is 1.95. The molecule has 0 spiro atoms. The molecule has 0 aromatic carbocycles. The Labute approximate surface area is 105 Å². The van der Waals surface area contributed by atoms with Gasteiger partial charge in [0, 0.05) is 13.6 Å². The van der Waals surface area contributed by atoms with Crippen molar-refractivity contribution in [3.63, 3.8) is 0 Å². The summed E-state index contributed by atoms with van der Waals surface area (Å²) in [5.74, 6) is -0.761. The summed E-state index contributed by atoms with van der Waals surface area (Å²) in [4.78, 5) is 12.7. The average molecular weight is 262 g/mol. The van der Waals surface area contributed by atoms with E-state index >= 15 is 0 Å². The van der Waals surface area contributed by atoms with Gasteiger partial charge in [-0.1, -0.05) is 25.4 Å². The number of aliphatic carboxylic acids is 1. The van der Waals surface area contributed by atoms with Gasteiger partial charge in [0.15, 0.2) is 0 Å². The van der Waals surface area contributed by atoms with Crippen molar-refractivity contribution < 1.29 is 9.90 Å². The second kappa shape index (κ2) is 5.06. The average Bonchev–Trinajstić information content (AvgIpc) is 2.47. The molecule has 0 unspecified atom stereocenters. The molecule has 0 aliphatic carbocycles. The molecule has 16 heavy (non-hydrogen) atoms. The molecule has 0 bridgehead atoms. The van der Waals surface area contributed by atoms with E-state index in [0.717, 1.165) is 9.34 Å². The lowest BCUT2D eigenvalue weighted by Crippen LogP contribution is -2.32. The Hall–Kier alpha value is -0.740. The number of halogens is 1. The molecular formula is C11H16ClNO2S. The van der Waals surface area contributed by atoms with Gasteiger partial charge >= 0.3 is 5.97 Å². The van der Waals surface area contributed by atoms with Crippen LogP contribution in [0.4, 0.5) is 5.00 Å². The third-order valence-electron chi connectivity index (χ3n) is 2.23. The predicted octanol–water partition coefficient (Wildman–Crippen LogP) is 3.34. The Bertz CT molecular complexity index is 376. The van der Waals surface area contributed by atoms with E-state index in [1.54, 1.807) is 0 Å². The van der Waals surface area contributed by atoms with Crippen LogP contribution in [0.15, 0.2) is 12.1 Å². The first kappa shape index (κ1) is 13.3. The van der Waals surface area contributed by atoms with Gasteiger partial charge in [0.1, 0.15) is 0 Å². The SMILES string of the molecule is CN(CC(C)(C)CC(=O)O)c1ccc(Cl)s1. The van der Waals surface area contributed by atoms with Crippen molar-refractivity contribution in [1.82, 2.24) is 0 Å². The summed E-state index contributed by atoms with van der Waals surface area (Å²) in [6, 6.07) is 3.80. The zero-order valence-electron chi connectivity index (χ0n) is 9.66. The van der Waals surface area contributed by atoms with E-state index in [1.165, 1.54) is 11.3 Å². The van der Waals surface area contributed by atoms with Crippen molar-refractivity contribution in [3.8, 4) is 0 Å². The first-order valence-electron chi connectivity index (χ1n) is 4.98. The van der Waals surface area contributed by atoms with Crippen LogP contribution < -0.4 is 4.90 Å². The van der Waals surface area contributed by atoms with Crippen LogP contribution in [0.25, 0.3) is 0 Å². The van der Waals surface area contributed by atoms with E-state index < -0.39 is 5.97 Å². The maximum Gasteiger partial charge on any atom is 0.303 e. The van der Waals surface area contributed by atoms with E-state index in [-0.39, 0.29) is 11.8 Å². The molecule has 0 radical (unpaired) electrons. The largest absolute Gasteiger partial charge is 0.481 e. The fourth-order valence-electron chi connectivity index (χ4n) is 1.70. The van der Waals surface area contributed by atoms with Gasteiger partial charge in [-0.2, -0.15) is 0 Å². The fourth-order valence-corrected chi connectivity index (χ4v) is 2.69. The monoisotopic (exact) mass is 261 g/mol. The van der Waals surface area contributed by atoms with Gasteiger partial charge in [0.25, 0.3) is 0 Å². The maximum absolute atomic E-state index is 10.7. The number of carbonyl (C=O) groups is 1. The van der Waals surface area contributed by atoms with Crippen LogP contribution in [0, 0.1) is 5.41 Å². The van der Waals surface area contributed by atoms with Crippen LogP contribution >= 0.6 is 22.9 Å². The number of rotatable bonds is 5. The zero-order chi connectivity index (χ0) is 12.3. The molecule has 0 aliphatic rings. The van der Waals surface area contributed by atoms with Crippen LogP contribution in [-0.2, 0) is 4.79 Å². The molecule has 5 heteroatoms. The fraction of sp³-hybridized carbons (Fsp3) is 0.545. The Kier molecular flexibility index (Phi) is 4.21. The molecule has 0 saturated carbocycles. The van der Waals surface area contributed by atoms with Gasteiger partial charge < -0.3 is 10.0 Å². The number of thiophene rings is 1. The normalized spacial score (nSPS) is 11.5. The molecule has 1 heterocycles. The number of hydrogen-bond donors (Lipinski definition) is 1.